The van der Waals surface area contributed by atoms with E-state index in [9.17, 15) is 18.0 Å². The lowest BCUT2D eigenvalue weighted by molar-refractivity contribution is -0.130. The fourth-order valence-electron chi connectivity index (χ4n) is 2.77. The van der Waals surface area contributed by atoms with Gasteiger partial charge in [-0.15, -0.1) is 0 Å². The van der Waals surface area contributed by atoms with E-state index in [4.69, 9.17) is 0 Å². The molecule has 23 heavy (non-hydrogen) atoms. The van der Waals surface area contributed by atoms with E-state index >= 15 is 0 Å². The van der Waals surface area contributed by atoms with Gasteiger partial charge in [0.05, 0.1) is 18.1 Å². The molecule has 2 rings (SSSR count). The summed E-state index contributed by atoms with van der Waals surface area (Å²) < 4.78 is 23.0. The molecule has 1 aromatic rings. The van der Waals surface area contributed by atoms with Crippen LogP contribution in [0.15, 0.2) is 18.2 Å². The van der Waals surface area contributed by atoms with E-state index in [-0.39, 0.29) is 35.9 Å². The molecule has 126 valence electrons. The van der Waals surface area contributed by atoms with Crippen LogP contribution in [0.5, 0.6) is 0 Å². The smallest absolute Gasteiger partial charge is 0.251 e. The van der Waals surface area contributed by atoms with Crippen LogP contribution in [0.4, 0.5) is 0 Å². The molecule has 0 aromatic heterocycles. The van der Waals surface area contributed by atoms with Gasteiger partial charge in [0.1, 0.15) is 0 Å². The molecule has 1 N–H and O–H groups in total. The monoisotopic (exact) mass is 338 g/mol. The molecule has 1 aromatic carbocycles. The van der Waals surface area contributed by atoms with Gasteiger partial charge in [-0.25, -0.2) is 8.42 Å². The standard InChI is InChI=1S/C16H22N2O4S/c1-11-6-12(2)8-13(7-11)16(20)17-9-15(19)18(3)14-4-5-23(21,22)10-14/h6-8,14H,4-5,9-10H2,1-3H3,(H,17,20)/t14-/m0/s1. The van der Waals surface area contributed by atoms with Crippen molar-refractivity contribution in [3.8, 4) is 0 Å². The Balaban J connectivity index is 1.92. The Morgan fingerprint density at radius 1 is 1.22 bits per heavy atom. The molecule has 1 heterocycles. The normalized spacial score (nSPS) is 19.3. The SMILES string of the molecule is Cc1cc(C)cc(C(=O)NCC(=O)N(C)[C@H]2CCS(=O)(=O)C2)c1. The van der Waals surface area contributed by atoms with Crippen molar-refractivity contribution >= 4 is 21.7 Å². The molecule has 0 aliphatic carbocycles. The first-order chi connectivity index (χ1) is 10.7. The van der Waals surface area contributed by atoms with E-state index in [0.717, 1.165) is 11.1 Å². The lowest BCUT2D eigenvalue weighted by Gasteiger charge is -2.23. The molecule has 1 saturated heterocycles. The van der Waals surface area contributed by atoms with Crippen LogP contribution in [0, 0.1) is 13.8 Å². The third kappa shape index (κ3) is 4.54. The molecule has 6 nitrogen and oxygen atoms in total. The van der Waals surface area contributed by atoms with Gasteiger partial charge in [0.15, 0.2) is 9.84 Å². The molecule has 1 fully saturated rings. The van der Waals surface area contributed by atoms with Crippen molar-refractivity contribution in [2.24, 2.45) is 0 Å². The second-order valence-corrected chi connectivity index (χ2v) is 8.35. The van der Waals surface area contributed by atoms with Crippen molar-refractivity contribution < 1.29 is 18.0 Å². The zero-order valence-electron chi connectivity index (χ0n) is 13.6. The maximum Gasteiger partial charge on any atom is 0.251 e. The maximum atomic E-state index is 12.1. The number of aryl methyl sites for hydroxylation is 2. The second-order valence-electron chi connectivity index (χ2n) is 6.12. The Morgan fingerprint density at radius 2 is 1.83 bits per heavy atom. The third-order valence-corrected chi connectivity index (χ3v) is 5.78. The molecule has 0 bridgehead atoms. The maximum absolute atomic E-state index is 12.1. The van der Waals surface area contributed by atoms with Gasteiger partial charge >= 0.3 is 0 Å². The number of nitrogens with one attached hydrogen (secondary N) is 1. The predicted molar refractivity (Wildman–Crippen MR) is 88.1 cm³/mol. The van der Waals surface area contributed by atoms with E-state index in [1.54, 1.807) is 19.2 Å². The predicted octanol–water partition coefficient (Wildman–Crippen LogP) is 0.679. The molecule has 1 aliphatic rings. The van der Waals surface area contributed by atoms with Gasteiger partial charge in [0, 0.05) is 18.7 Å². The van der Waals surface area contributed by atoms with Gasteiger partial charge in [0.25, 0.3) is 5.91 Å². The van der Waals surface area contributed by atoms with E-state index in [1.165, 1.54) is 4.90 Å². The zero-order chi connectivity index (χ0) is 17.2. The van der Waals surface area contributed by atoms with Crippen molar-refractivity contribution in [3.05, 3.63) is 34.9 Å². The Hall–Kier alpha value is -1.89. The molecular weight excluding hydrogens is 316 g/mol. The topological polar surface area (TPSA) is 83.6 Å². The van der Waals surface area contributed by atoms with Crippen LogP contribution < -0.4 is 5.32 Å². The van der Waals surface area contributed by atoms with Gasteiger partial charge in [-0.3, -0.25) is 9.59 Å². The first kappa shape index (κ1) is 17.5. The number of nitrogens with zero attached hydrogens (tertiary/aromatic N) is 1. The molecule has 1 atom stereocenters. The number of rotatable bonds is 4. The van der Waals surface area contributed by atoms with Crippen molar-refractivity contribution in [1.29, 1.82) is 0 Å². The van der Waals surface area contributed by atoms with Gasteiger partial charge in [0.2, 0.25) is 5.91 Å². The first-order valence-electron chi connectivity index (χ1n) is 7.50. The number of hydrogen-bond donors (Lipinski definition) is 1. The van der Waals surface area contributed by atoms with Gasteiger partial charge in [-0.05, 0) is 32.4 Å². The highest BCUT2D eigenvalue weighted by Gasteiger charge is 2.32. The van der Waals surface area contributed by atoms with E-state index in [0.29, 0.717) is 12.0 Å². The largest absolute Gasteiger partial charge is 0.343 e. The van der Waals surface area contributed by atoms with E-state index in [1.807, 2.05) is 19.9 Å². The summed E-state index contributed by atoms with van der Waals surface area (Å²) in [6.45, 7) is 3.67. The fourth-order valence-corrected chi connectivity index (χ4v) is 4.55. The van der Waals surface area contributed by atoms with Crippen LogP contribution in [0.3, 0.4) is 0 Å². The minimum atomic E-state index is -3.04. The van der Waals surface area contributed by atoms with Crippen molar-refractivity contribution in [2.45, 2.75) is 26.3 Å². The fraction of sp³-hybridized carbons (Fsp3) is 0.500. The van der Waals surface area contributed by atoms with Crippen LogP contribution in [0.1, 0.15) is 27.9 Å². The Kier molecular flexibility index (Phi) is 5.09. The molecule has 0 spiro atoms. The van der Waals surface area contributed by atoms with Crippen molar-refractivity contribution in [1.82, 2.24) is 10.2 Å². The average Bonchev–Trinajstić information content (AvgIpc) is 2.82. The summed E-state index contributed by atoms with van der Waals surface area (Å²) in [6.07, 6.45) is 0.454. The summed E-state index contributed by atoms with van der Waals surface area (Å²) in [5.74, 6) is -0.479. The van der Waals surface area contributed by atoms with Crippen LogP contribution in [0.25, 0.3) is 0 Å². The molecule has 2 amide bonds. The second kappa shape index (κ2) is 6.70. The summed E-state index contributed by atoms with van der Waals surface area (Å²) >= 11 is 0. The van der Waals surface area contributed by atoms with Gasteiger partial charge in [-0.1, -0.05) is 17.2 Å². The minimum absolute atomic E-state index is 0.000259. The summed E-state index contributed by atoms with van der Waals surface area (Å²) in [7, 11) is -1.46. The Morgan fingerprint density at radius 3 is 2.35 bits per heavy atom. The quantitative estimate of drug-likeness (QED) is 0.875. The van der Waals surface area contributed by atoms with E-state index in [2.05, 4.69) is 5.32 Å². The van der Waals surface area contributed by atoms with Gasteiger partial charge < -0.3 is 10.2 Å². The molecule has 7 heteroatoms. The molecular formula is C16H22N2O4S. The van der Waals surface area contributed by atoms with Crippen LogP contribution in [-0.4, -0.2) is 56.3 Å². The number of sulfone groups is 1. The summed E-state index contributed by atoms with van der Waals surface area (Å²) in [5.41, 5.74) is 2.48. The van der Waals surface area contributed by atoms with Crippen molar-refractivity contribution in [2.75, 3.05) is 25.1 Å². The van der Waals surface area contributed by atoms with E-state index < -0.39 is 9.84 Å². The van der Waals surface area contributed by atoms with Gasteiger partial charge in [-0.2, -0.15) is 0 Å². The average molecular weight is 338 g/mol. The highest BCUT2D eigenvalue weighted by atomic mass is 32.2. The lowest BCUT2D eigenvalue weighted by Crippen LogP contribution is -2.43. The molecule has 0 radical (unpaired) electrons. The minimum Gasteiger partial charge on any atom is -0.343 e. The first-order valence-corrected chi connectivity index (χ1v) is 9.32. The Bertz CT molecular complexity index is 707. The Labute approximate surface area is 136 Å². The lowest BCUT2D eigenvalue weighted by atomic mass is 10.1. The third-order valence-electron chi connectivity index (χ3n) is 4.03. The van der Waals surface area contributed by atoms with Crippen LogP contribution in [-0.2, 0) is 14.6 Å². The number of hydrogen-bond acceptors (Lipinski definition) is 4. The molecule has 0 unspecified atom stereocenters. The van der Waals surface area contributed by atoms with Crippen LogP contribution >= 0.6 is 0 Å². The number of likely N-dealkylation sites (N-methyl/N-ethyl adjacent to an activating group) is 1. The van der Waals surface area contributed by atoms with Crippen LogP contribution in [0.2, 0.25) is 0 Å². The highest BCUT2D eigenvalue weighted by molar-refractivity contribution is 7.91. The summed E-state index contributed by atoms with van der Waals surface area (Å²) in [6, 6.07) is 5.20. The number of benzene rings is 1. The highest BCUT2D eigenvalue weighted by Crippen LogP contribution is 2.16. The number of amides is 2. The molecule has 0 saturated carbocycles. The summed E-state index contributed by atoms with van der Waals surface area (Å²) in [5, 5.41) is 2.60. The number of carbonyl (C=O) groups excluding carboxylic acids is 2. The zero-order valence-corrected chi connectivity index (χ0v) is 14.4. The summed E-state index contributed by atoms with van der Waals surface area (Å²) in [4.78, 5) is 25.7. The molecule has 1 aliphatic heterocycles. The van der Waals surface area contributed by atoms with Crippen molar-refractivity contribution in [3.63, 3.8) is 0 Å². The number of carbonyl (C=O) groups is 2.